The fourth-order valence-corrected chi connectivity index (χ4v) is 1.94. The van der Waals surface area contributed by atoms with E-state index in [1.165, 1.54) is 0 Å². The number of hydrogen-bond donors (Lipinski definition) is 1. The van der Waals surface area contributed by atoms with Gasteiger partial charge >= 0.3 is 0 Å². The Morgan fingerprint density at radius 3 is 2.74 bits per heavy atom. The van der Waals surface area contributed by atoms with Crippen LogP contribution in [0.3, 0.4) is 0 Å². The third-order valence-electron chi connectivity index (χ3n) is 2.56. The highest BCUT2D eigenvalue weighted by Gasteiger charge is 2.05. The number of benzene rings is 1. The van der Waals surface area contributed by atoms with E-state index >= 15 is 0 Å². The lowest BCUT2D eigenvalue weighted by molar-refractivity contribution is 0.301. The summed E-state index contributed by atoms with van der Waals surface area (Å²) in [6.45, 7) is 1.16. The van der Waals surface area contributed by atoms with Gasteiger partial charge in [0.1, 0.15) is 17.4 Å². The zero-order chi connectivity index (χ0) is 13.7. The molecule has 0 amide bonds. The number of ether oxygens (including phenoxy) is 1. The predicted octanol–water partition coefficient (Wildman–Crippen LogP) is 3.69. The van der Waals surface area contributed by atoms with Gasteiger partial charge in [-0.2, -0.15) is 0 Å². The maximum absolute atomic E-state index is 6.04. The quantitative estimate of drug-likeness (QED) is 0.914. The first-order valence-electron chi connectivity index (χ1n) is 5.86. The van der Waals surface area contributed by atoms with Gasteiger partial charge in [-0.15, -0.1) is 0 Å². The van der Waals surface area contributed by atoms with Crippen LogP contribution < -0.4 is 10.1 Å². The summed E-state index contributed by atoms with van der Waals surface area (Å²) in [5.41, 5.74) is 1.97. The summed E-state index contributed by atoms with van der Waals surface area (Å²) in [6, 6.07) is 9.25. The monoisotopic (exact) mass is 296 g/mol. The van der Waals surface area contributed by atoms with Crippen LogP contribution in [0.15, 0.2) is 36.5 Å². The molecule has 1 aromatic carbocycles. The van der Waals surface area contributed by atoms with Crippen molar-refractivity contribution in [3.05, 3.63) is 57.8 Å². The first kappa shape index (κ1) is 14.1. The van der Waals surface area contributed by atoms with Gasteiger partial charge in [0, 0.05) is 12.7 Å². The Bertz CT molecular complexity index is 544. The molecule has 1 aromatic heterocycles. The van der Waals surface area contributed by atoms with E-state index in [1.54, 1.807) is 18.2 Å². The van der Waals surface area contributed by atoms with Gasteiger partial charge in [0.05, 0.1) is 10.7 Å². The minimum absolute atomic E-state index is 0.361. The maximum atomic E-state index is 6.04. The molecule has 0 aliphatic carbocycles. The summed E-state index contributed by atoms with van der Waals surface area (Å²) in [5.74, 6) is 0.565. The zero-order valence-electron chi connectivity index (χ0n) is 10.5. The molecule has 0 aliphatic heterocycles. The Labute approximate surface area is 122 Å². The van der Waals surface area contributed by atoms with Gasteiger partial charge in [-0.3, -0.25) is 4.98 Å². The second-order valence-electron chi connectivity index (χ2n) is 4.03. The summed E-state index contributed by atoms with van der Waals surface area (Å²) in [7, 11) is 1.90. The highest BCUT2D eigenvalue weighted by atomic mass is 35.5. The first-order valence-corrected chi connectivity index (χ1v) is 6.61. The fourth-order valence-electron chi connectivity index (χ4n) is 1.60. The number of rotatable bonds is 5. The number of nitrogens with zero attached hydrogens (tertiary/aromatic N) is 1. The topological polar surface area (TPSA) is 34.1 Å². The van der Waals surface area contributed by atoms with Crippen molar-refractivity contribution in [1.82, 2.24) is 10.3 Å². The van der Waals surface area contributed by atoms with Gasteiger partial charge in [0.15, 0.2) is 0 Å². The van der Waals surface area contributed by atoms with E-state index in [-0.39, 0.29) is 0 Å². The fraction of sp³-hybridized carbons (Fsp3) is 0.214. The second-order valence-corrected chi connectivity index (χ2v) is 4.81. The van der Waals surface area contributed by atoms with Crippen molar-refractivity contribution >= 4 is 23.2 Å². The third kappa shape index (κ3) is 3.83. The van der Waals surface area contributed by atoms with Crippen LogP contribution >= 0.6 is 23.2 Å². The molecule has 0 spiro atoms. The molecule has 19 heavy (non-hydrogen) atoms. The van der Waals surface area contributed by atoms with Crippen molar-refractivity contribution in [2.75, 3.05) is 7.05 Å². The van der Waals surface area contributed by atoms with Crippen LogP contribution in [0.5, 0.6) is 5.75 Å². The van der Waals surface area contributed by atoms with Crippen LogP contribution in [0.2, 0.25) is 10.0 Å². The Balaban J connectivity index is 2.00. The summed E-state index contributed by atoms with van der Waals surface area (Å²) in [6.07, 6.45) is 1.83. The molecule has 100 valence electrons. The van der Waals surface area contributed by atoms with E-state index in [1.807, 2.05) is 25.4 Å². The standard InChI is InChI=1S/C14H14Cl2N2O/c1-17-7-10-5-6-11(18-8-10)9-19-13-4-2-3-12(15)14(13)16/h2-6,8,17H,7,9H2,1H3. The highest BCUT2D eigenvalue weighted by Crippen LogP contribution is 2.31. The van der Waals surface area contributed by atoms with E-state index in [4.69, 9.17) is 27.9 Å². The summed E-state index contributed by atoms with van der Waals surface area (Å²) in [5, 5.41) is 3.98. The summed E-state index contributed by atoms with van der Waals surface area (Å²) >= 11 is 12.0. The molecule has 5 heteroatoms. The number of hydrogen-bond acceptors (Lipinski definition) is 3. The molecule has 0 saturated carbocycles. The largest absolute Gasteiger partial charge is 0.486 e. The molecule has 0 atom stereocenters. The molecule has 0 saturated heterocycles. The SMILES string of the molecule is CNCc1ccc(COc2cccc(Cl)c2Cl)nc1. The molecule has 2 aromatic rings. The zero-order valence-corrected chi connectivity index (χ0v) is 12.0. The van der Waals surface area contributed by atoms with Crippen LogP contribution in [-0.4, -0.2) is 12.0 Å². The lowest BCUT2D eigenvalue weighted by Crippen LogP contribution is -2.06. The molecule has 1 heterocycles. The highest BCUT2D eigenvalue weighted by molar-refractivity contribution is 6.42. The average molecular weight is 297 g/mol. The summed E-state index contributed by atoms with van der Waals surface area (Å²) < 4.78 is 5.61. The Morgan fingerprint density at radius 1 is 1.21 bits per heavy atom. The van der Waals surface area contributed by atoms with Crippen LogP contribution in [0.25, 0.3) is 0 Å². The van der Waals surface area contributed by atoms with E-state index in [0.717, 1.165) is 17.8 Å². The van der Waals surface area contributed by atoms with E-state index < -0.39 is 0 Å². The molecule has 0 aliphatic rings. The molecule has 0 radical (unpaired) electrons. The first-order chi connectivity index (χ1) is 9.20. The van der Waals surface area contributed by atoms with Gasteiger partial charge in [-0.25, -0.2) is 0 Å². The van der Waals surface area contributed by atoms with Crippen molar-refractivity contribution in [2.45, 2.75) is 13.2 Å². The van der Waals surface area contributed by atoms with Gasteiger partial charge in [-0.1, -0.05) is 35.3 Å². The number of pyridine rings is 1. The normalized spacial score (nSPS) is 10.5. The lowest BCUT2D eigenvalue weighted by Gasteiger charge is -2.08. The van der Waals surface area contributed by atoms with Gasteiger partial charge < -0.3 is 10.1 Å². The summed E-state index contributed by atoms with van der Waals surface area (Å²) in [4.78, 5) is 4.32. The van der Waals surface area contributed by atoms with Gasteiger partial charge in [-0.05, 0) is 30.8 Å². The number of halogens is 2. The molecule has 0 unspecified atom stereocenters. The molecular weight excluding hydrogens is 283 g/mol. The van der Waals surface area contributed by atoms with Crippen LogP contribution in [0, 0.1) is 0 Å². The van der Waals surface area contributed by atoms with Crippen molar-refractivity contribution in [3.8, 4) is 5.75 Å². The van der Waals surface area contributed by atoms with Crippen LogP contribution in [0.4, 0.5) is 0 Å². The van der Waals surface area contributed by atoms with Crippen molar-refractivity contribution < 1.29 is 4.74 Å². The lowest BCUT2D eigenvalue weighted by atomic mass is 10.2. The molecule has 0 fully saturated rings. The van der Waals surface area contributed by atoms with Crippen molar-refractivity contribution in [3.63, 3.8) is 0 Å². The van der Waals surface area contributed by atoms with Crippen molar-refractivity contribution in [1.29, 1.82) is 0 Å². The Morgan fingerprint density at radius 2 is 2.05 bits per heavy atom. The maximum Gasteiger partial charge on any atom is 0.140 e. The Hall–Kier alpha value is -1.29. The van der Waals surface area contributed by atoms with E-state index in [9.17, 15) is 0 Å². The molecular formula is C14H14Cl2N2O. The van der Waals surface area contributed by atoms with Crippen LogP contribution in [0.1, 0.15) is 11.3 Å². The average Bonchev–Trinajstić information content (AvgIpc) is 2.42. The van der Waals surface area contributed by atoms with Crippen molar-refractivity contribution in [2.24, 2.45) is 0 Å². The van der Waals surface area contributed by atoms with Gasteiger partial charge in [0.25, 0.3) is 0 Å². The minimum atomic E-state index is 0.361. The molecule has 0 bridgehead atoms. The third-order valence-corrected chi connectivity index (χ3v) is 3.36. The number of nitrogens with one attached hydrogen (secondary N) is 1. The molecule has 3 nitrogen and oxygen atoms in total. The second kappa shape index (κ2) is 6.75. The van der Waals surface area contributed by atoms with Crippen LogP contribution in [-0.2, 0) is 13.2 Å². The minimum Gasteiger partial charge on any atom is -0.486 e. The van der Waals surface area contributed by atoms with Gasteiger partial charge in [0.2, 0.25) is 0 Å². The molecule has 2 rings (SSSR count). The smallest absolute Gasteiger partial charge is 0.140 e. The Kier molecular flexibility index (Phi) is 5.02. The number of aromatic nitrogens is 1. The predicted molar refractivity (Wildman–Crippen MR) is 77.8 cm³/mol. The molecule has 1 N–H and O–H groups in total. The van der Waals surface area contributed by atoms with E-state index in [2.05, 4.69) is 10.3 Å². The van der Waals surface area contributed by atoms with E-state index in [0.29, 0.717) is 22.4 Å².